The monoisotopic (exact) mass is 303 g/mol. The van der Waals surface area contributed by atoms with Gasteiger partial charge in [0.05, 0.1) is 11.5 Å². The van der Waals surface area contributed by atoms with Crippen molar-refractivity contribution in [3.05, 3.63) is 0 Å². The topological polar surface area (TPSA) is 46.2 Å². The zero-order valence-electron chi connectivity index (χ0n) is 13.5. The van der Waals surface area contributed by atoms with Crippen molar-refractivity contribution in [3.8, 4) is 0 Å². The van der Waals surface area contributed by atoms with E-state index in [9.17, 15) is 8.42 Å². The fourth-order valence-electron chi connectivity index (χ4n) is 3.40. The lowest BCUT2D eigenvalue weighted by atomic mass is 9.88. The van der Waals surface area contributed by atoms with Crippen LogP contribution in [0.5, 0.6) is 0 Å². The highest BCUT2D eigenvalue weighted by Gasteiger charge is 2.30. The Morgan fingerprint density at radius 2 is 2.00 bits per heavy atom. The smallest absolute Gasteiger partial charge is 0.150 e. The van der Waals surface area contributed by atoms with Crippen LogP contribution in [0.3, 0.4) is 0 Å². The molecule has 0 aromatic carbocycles. The van der Waals surface area contributed by atoms with Gasteiger partial charge in [0.15, 0.2) is 9.84 Å². The van der Waals surface area contributed by atoms with Crippen LogP contribution in [0.15, 0.2) is 0 Å². The zero-order valence-corrected chi connectivity index (χ0v) is 14.3. The summed E-state index contributed by atoms with van der Waals surface area (Å²) in [4.78, 5) is 0. The predicted molar refractivity (Wildman–Crippen MR) is 86.8 cm³/mol. The summed E-state index contributed by atoms with van der Waals surface area (Å²) in [6, 6.07) is 0.500. The van der Waals surface area contributed by atoms with Crippen molar-refractivity contribution in [2.75, 3.05) is 18.1 Å². The molecule has 1 fully saturated rings. The standard InChI is InChI=1S/C16H33NO2S/c1-4-7-8-14(5-2)11-16(17-6-3)12-15-9-10-20(18,19)13-15/h14-17H,4-13H2,1-3H3. The van der Waals surface area contributed by atoms with Crippen molar-refractivity contribution in [1.82, 2.24) is 5.32 Å². The average molecular weight is 304 g/mol. The second-order valence-corrected chi connectivity index (χ2v) is 8.64. The lowest BCUT2D eigenvalue weighted by Crippen LogP contribution is -2.33. The molecule has 0 radical (unpaired) electrons. The third-order valence-electron chi connectivity index (χ3n) is 4.60. The SMILES string of the molecule is CCCCC(CC)CC(CC1CCS(=O)(=O)C1)NCC. The molecule has 120 valence electrons. The van der Waals surface area contributed by atoms with Gasteiger partial charge in [-0.1, -0.05) is 46.5 Å². The lowest BCUT2D eigenvalue weighted by Gasteiger charge is -2.25. The highest BCUT2D eigenvalue weighted by molar-refractivity contribution is 7.91. The number of sulfone groups is 1. The second kappa shape index (κ2) is 9.04. The van der Waals surface area contributed by atoms with E-state index < -0.39 is 9.84 Å². The molecule has 0 spiro atoms. The Labute approximate surface area is 125 Å². The minimum absolute atomic E-state index is 0.382. The first-order valence-electron chi connectivity index (χ1n) is 8.44. The molecular weight excluding hydrogens is 270 g/mol. The largest absolute Gasteiger partial charge is 0.314 e. The van der Waals surface area contributed by atoms with Crippen LogP contribution in [0, 0.1) is 11.8 Å². The van der Waals surface area contributed by atoms with Crippen molar-refractivity contribution in [1.29, 1.82) is 0 Å². The molecule has 0 bridgehead atoms. The summed E-state index contributed by atoms with van der Waals surface area (Å²) in [5.74, 6) is 1.99. The summed E-state index contributed by atoms with van der Waals surface area (Å²) in [6.07, 6.45) is 8.26. The van der Waals surface area contributed by atoms with Crippen LogP contribution < -0.4 is 5.32 Å². The quantitative estimate of drug-likeness (QED) is 0.673. The average Bonchev–Trinajstić information content (AvgIpc) is 2.73. The summed E-state index contributed by atoms with van der Waals surface area (Å²) in [5.41, 5.74) is 0. The van der Waals surface area contributed by atoms with E-state index in [0.29, 0.717) is 23.5 Å². The third-order valence-corrected chi connectivity index (χ3v) is 6.44. The van der Waals surface area contributed by atoms with Crippen LogP contribution >= 0.6 is 0 Å². The van der Waals surface area contributed by atoms with Gasteiger partial charge in [-0.15, -0.1) is 0 Å². The maximum Gasteiger partial charge on any atom is 0.150 e. The molecule has 1 heterocycles. The summed E-state index contributed by atoms with van der Waals surface area (Å²) >= 11 is 0. The Morgan fingerprint density at radius 3 is 2.50 bits per heavy atom. The van der Waals surface area contributed by atoms with Gasteiger partial charge in [-0.05, 0) is 37.6 Å². The molecule has 1 aliphatic heterocycles. The van der Waals surface area contributed by atoms with Crippen molar-refractivity contribution in [2.24, 2.45) is 11.8 Å². The van der Waals surface area contributed by atoms with Gasteiger partial charge < -0.3 is 5.32 Å². The van der Waals surface area contributed by atoms with Crippen molar-refractivity contribution in [2.45, 2.75) is 71.8 Å². The predicted octanol–water partition coefficient (Wildman–Crippen LogP) is 3.40. The van der Waals surface area contributed by atoms with Gasteiger partial charge in [0, 0.05) is 6.04 Å². The van der Waals surface area contributed by atoms with Crippen molar-refractivity contribution < 1.29 is 8.42 Å². The normalized spacial score (nSPS) is 24.6. The maximum absolute atomic E-state index is 11.6. The van der Waals surface area contributed by atoms with Crippen molar-refractivity contribution >= 4 is 9.84 Å². The van der Waals surface area contributed by atoms with Gasteiger partial charge in [-0.2, -0.15) is 0 Å². The number of rotatable bonds is 10. The van der Waals surface area contributed by atoms with Crippen molar-refractivity contribution in [3.63, 3.8) is 0 Å². The molecule has 1 N–H and O–H groups in total. The molecule has 0 aromatic rings. The number of hydrogen-bond donors (Lipinski definition) is 1. The first kappa shape index (κ1) is 18.0. The van der Waals surface area contributed by atoms with E-state index >= 15 is 0 Å². The lowest BCUT2D eigenvalue weighted by molar-refractivity contribution is 0.314. The fraction of sp³-hybridized carbons (Fsp3) is 1.00. The second-order valence-electron chi connectivity index (χ2n) is 6.41. The van der Waals surface area contributed by atoms with E-state index in [1.54, 1.807) is 0 Å². The van der Waals surface area contributed by atoms with E-state index in [1.165, 1.54) is 32.1 Å². The summed E-state index contributed by atoms with van der Waals surface area (Å²) < 4.78 is 23.2. The first-order valence-corrected chi connectivity index (χ1v) is 10.3. The van der Waals surface area contributed by atoms with Gasteiger partial charge in [-0.25, -0.2) is 8.42 Å². The fourth-order valence-corrected chi connectivity index (χ4v) is 5.28. The van der Waals surface area contributed by atoms with E-state index in [2.05, 4.69) is 26.1 Å². The molecule has 0 aromatic heterocycles. The van der Waals surface area contributed by atoms with Crippen LogP contribution in [0.25, 0.3) is 0 Å². The Hall–Kier alpha value is -0.0900. The van der Waals surface area contributed by atoms with Crippen LogP contribution in [0.4, 0.5) is 0 Å². The summed E-state index contributed by atoms with van der Waals surface area (Å²) in [5, 5.41) is 3.58. The Morgan fingerprint density at radius 1 is 1.25 bits per heavy atom. The van der Waals surface area contributed by atoms with E-state index in [1.807, 2.05) is 0 Å². The molecule has 3 unspecified atom stereocenters. The van der Waals surface area contributed by atoms with E-state index in [-0.39, 0.29) is 0 Å². The Balaban J connectivity index is 2.46. The molecule has 4 heteroatoms. The third kappa shape index (κ3) is 6.57. The Bertz CT molecular complexity index is 353. The molecule has 1 aliphatic rings. The molecular formula is C16H33NO2S. The molecule has 1 saturated heterocycles. The van der Waals surface area contributed by atoms with Gasteiger partial charge in [-0.3, -0.25) is 0 Å². The minimum atomic E-state index is -2.73. The van der Waals surface area contributed by atoms with E-state index in [0.717, 1.165) is 25.3 Å². The molecule has 0 aliphatic carbocycles. The van der Waals surface area contributed by atoms with Gasteiger partial charge in [0.1, 0.15) is 0 Å². The summed E-state index contributed by atoms with van der Waals surface area (Å²) in [7, 11) is -2.73. The maximum atomic E-state index is 11.6. The van der Waals surface area contributed by atoms with Crippen LogP contribution in [0.1, 0.15) is 65.7 Å². The number of nitrogens with one attached hydrogen (secondary N) is 1. The van der Waals surface area contributed by atoms with Crippen LogP contribution in [-0.4, -0.2) is 32.5 Å². The molecule has 3 nitrogen and oxygen atoms in total. The highest BCUT2D eigenvalue weighted by Crippen LogP contribution is 2.27. The molecule has 0 amide bonds. The summed E-state index contributed by atoms with van der Waals surface area (Å²) in [6.45, 7) is 7.65. The van der Waals surface area contributed by atoms with Gasteiger partial charge >= 0.3 is 0 Å². The molecule has 0 saturated carbocycles. The van der Waals surface area contributed by atoms with Gasteiger partial charge in [0.25, 0.3) is 0 Å². The number of hydrogen-bond acceptors (Lipinski definition) is 3. The minimum Gasteiger partial charge on any atom is -0.314 e. The first-order chi connectivity index (χ1) is 9.50. The molecule has 1 rings (SSSR count). The van der Waals surface area contributed by atoms with Gasteiger partial charge in [0.2, 0.25) is 0 Å². The van der Waals surface area contributed by atoms with E-state index in [4.69, 9.17) is 0 Å². The van der Waals surface area contributed by atoms with Crippen LogP contribution in [0.2, 0.25) is 0 Å². The van der Waals surface area contributed by atoms with Crippen LogP contribution in [-0.2, 0) is 9.84 Å². The number of unbranched alkanes of at least 4 members (excludes halogenated alkanes) is 1. The Kier molecular flexibility index (Phi) is 8.11. The molecule has 20 heavy (non-hydrogen) atoms. The zero-order chi connectivity index (χ0) is 15.0. The molecule has 3 atom stereocenters. The highest BCUT2D eigenvalue weighted by atomic mass is 32.2.